The molecule has 6 nitrogen and oxygen atoms in total. The van der Waals surface area contributed by atoms with Crippen molar-refractivity contribution >= 4 is 26.9 Å². The molecule has 0 spiro atoms. The van der Waals surface area contributed by atoms with Crippen LogP contribution >= 0.6 is 0 Å². The van der Waals surface area contributed by atoms with Crippen molar-refractivity contribution in [3.05, 3.63) is 72.1 Å². The van der Waals surface area contributed by atoms with Crippen LogP contribution in [0.4, 0.5) is 5.95 Å². The van der Waals surface area contributed by atoms with E-state index < -0.39 is 10.0 Å². The molecule has 0 saturated carbocycles. The maximum atomic E-state index is 13.4. The van der Waals surface area contributed by atoms with Crippen LogP contribution in [0.3, 0.4) is 0 Å². The van der Waals surface area contributed by atoms with Crippen LogP contribution in [0.25, 0.3) is 22.2 Å². The van der Waals surface area contributed by atoms with E-state index in [2.05, 4.69) is 9.97 Å². The van der Waals surface area contributed by atoms with Crippen molar-refractivity contribution in [1.82, 2.24) is 13.9 Å². The standard InChI is InChI=1S/C21H20N4O2S/c1-3-15-13-23-21(22)24-20(15)19-14(2)25(18-12-8-7-11-17(18)19)28(26,27)16-9-5-4-6-10-16/h4-13H,3H2,1-2H3,(H2,22,23,24). The van der Waals surface area contributed by atoms with Crippen molar-refractivity contribution in [3.8, 4) is 11.3 Å². The van der Waals surface area contributed by atoms with Crippen LogP contribution in [0.15, 0.2) is 65.7 Å². The molecule has 142 valence electrons. The molecule has 0 aliphatic carbocycles. The second-order valence-electron chi connectivity index (χ2n) is 6.52. The van der Waals surface area contributed by atoms with Crippen molar-refractivity contribution in [3.63, 3.8) is 0 Å². The zero-order valence-electron chi connectivity index (χ0n) is 15.6. The summed E-state index contributed by atoms with van der Waals surface area (Å²) < 4.78 is 28.3. The van der Waals surface area contributed by atoms with Gasteiger partial charge in [-0.25, -0.2) is 22.4 Å². The third-order valence-electron chi connectivity index (χ3n) is 4.84. The van der Waals surface area contributed by atoms with Crippen molar-refractivity contribution in [2.45, 2.75) is 25.2 Å². The number of hydrogen-bond donors (Lipinski definition) is 1. The van der Waals surface area contributed by atoms with E-state index in [1.165, 1.54) is 3.97 Å². The Hall–Kier alpha value is -3.19. The molecule has 0 fully saturated rings. The summed E-state index contributed by atoms with van der Waals surface area (Å²) in [5.74, 6) is 0.161. The zero-order valence-corrected chi connectivity index (χ0v) is 16.4. The normalized spacial score (nSPS) is 11.8. The average molecular weight is 392 g/mol. The first-order valence-corrected chi connectivity index (χ1v) is 10.4. The number of aromatic nitrogens is 3. The zero-order chi connectivity index (χ0) is 19.9. The first-order chi connectivity index (χ1) is 13.4. The van der Waals surface area contributed by atoms with Gasteiger partial charge < -0.3 is 5.73 Å². The molecule has 0 amide bonds. The molecule has 28 heavy (non-hydrogen) atoms. The number of nitrogen functional groups attached to an aromatic ring is 1. The van der Waals surface area contributed by atoms with Gasteiger partial charge in [-0.05, 0) is 37.1 Å². The summed E-state index contributed by atoms with van der Waals surface area (Å²) in [6.45, 7) is 3.81. The molecule has 2 N–H and O–H groups in total. The fourth-order valence-corrected chi connectivity index (χ4v) is 5.12. The minimum Gasteiger partial charge on any atom is -0.368 e. The van der Waals surface area contributed by atoms with E-state index in [1.54, 1.807) is 43.5 Å². The Morgan fingerprint density at radius 1 is 1.04 bits per heavy atom. The predicted octanol–water partition coefficient (Wildman–Crippen LogP) is 3.79. The van der Waals surface area contributed by atoms with Gasteiger partial charge in [0.15, 0.2) is 0 Å². The van der Waals surface area contributed by atoms with Crippen LogP contribution in [-0.4, -0.2) is 22.4 Å². The Labute approximate surface area is 163 Å². The highest BCUT2D eigenvalue weighted by atomic mass is 32.2. The molecular weight excluding hydrogens is 372 g/mol. The van der Waals surface area contributed by atoms with Crippen molar-refractivity contribution in [1.29, 1.82) is 0 Å². The van der Waals surface area contributed by atoms with Crippen LogP contribution in [0, 0.1) is 6.92 Å². The molecule has 4 rings (SSSR count). The Morgan fingerprint density at radius 3 is 2.43 bits per heavy atom. The van der Waals surface area contributed by atoms with Gasteiger partial charge in [-0.2, -0.15) is 0 Å². The predicted molar refractivity (Wildman–Crippen MR) is 111 cm³/mol. The minimum atomic E-state index is -3.77. The molecule has 0 unspecified atom stereocenters. The summed E-state index contributed by atoms with van der Waals surface area (Å²) in [6, 6.07) is 15.9. The van der Waals surface area contributed by atoms with E-state index in [0.29, 0.717) is 23.3 Å². The maximum Gasteiger partial charge on any atom is 0.268 e. The Morgan fingerprint density at radius 2 is 1.71 bits per heavy atom. The lowest BCUT2D eigenvalue weighted by molar-refractivity contribution is 0.588. The number of nitrogens with zero attached hydrogens (tertiary/aromatic N) is 3. The summed E-state index contributed by atoms with van der Waals surface area (Å²) >= 11 is 0. The van der Waals surface area contributed by atoms with Gasteiger partial charge in [0, 0.05) is 22.8 Å². The number of para-hydroxylation sites is 1. The molecule has 0 aliphatic rings. The number of nitrogens with two attached hydrogens (primary N) is 1. The summed E-state index contributed by atoms with van der Waals surface area (Å²) in [5, 5.41) is 0.812. The summed E-state index contributed by atoms with van der Waals surface area (Å²) in [6.07, 6.45) is 2.41. The van der Waals surface area contributed by atoms with Crippen molar-refractivity contribution < 1.29 is 8.42 Å². The highest BCUT2D eigenvalue weighted by Gasteiger charge is 2.26. The molecule has 2 heterocycles. The van der Waals surface area contributed by atoms with Gasteiger partial charge in [-0.1, -0.05) is 43.3 Å². The summed E-state index contributed by atoms with van der Waals surface area (Å²) in [4.78, 5) is 8.78. The lowest BCUT2D eigenvalue weighted by atomic mass is 10.0. The third-order valence-corrected chi connectivity index (χ3v) is 6.66. The third kappa shape index (κ3) is 2.75. The highest BCUT2D eigenvalue weighted by molar-refractivity contribution is 7.90. The SMILES string of the molecule is CCc1cnc(N)nc1-c1c(C)n(S(=O)(=O)c2ccccc2)c2ccccc12. The van der Waals surface area contributed by atoms with E-state index in [4.69, 9.17) is 5.73 Å². The van der Waals surface area contributed by atoms with Crippen molar-refractivity contribution in [2.75, 3.05) is 5.73 Å². The van der Waals surface area contributed by atoms with E-state index in [9.17, 15) is 8.42 Å². The maximum absolute atomic E-state index is 13.4. The molecule has 2 aromatic heterocycles. The lowest BCUT2D eigenvalue weighted by Gasteiger charge is -2.11. The Balaban J connectivity index is 2.11. The van der Waals surface area contributed by atoms with Gasteiger partial charge in [0.05, 0.1) is 16.1 Å². The molecule has 7 heteroatoms. The number of benzene rings is 2. The lowest BCUT2D eigenvalue weighted by Crippen LogP contribution is -2.14. The number of hydrogen-bond acceptors (Lipinski definition) is 5. The van der Waals surface area contributed by atoms with Gasteiger partial charge in [0.2, 0.25) is 5.95 Å². The Kier molecular flexibility index (Phi) is 4.39. The van der Waals surface area contributed by atoms with Crippen molar-refractivity contribution in [2.24, 2.45) is 0 Å². The van der Waals surface area contributed by atoms with Crippen LogP contribution in [0.2, 0.25) is 0 Å². The molecule has 0 atom stereocenters. The molecule has 0 radical (unpaired) electrons. The van der Waals surface area contributed by atoms with E-state index in [-0.39, 0.29) is 10.8 Å². The molecular formula is C21H20N4O2S. The van der Waals surface area contributed by atoms with Crippen LogP contribution < -0.4 is 5.73 Å². The summed E-state index contributed by atoms with van der Waals surface area (Å²) in [7, 11) is -3.77. The van der Waals surface area contributed by atoms with Crippen LogP contribution in [0.5, 0.6) is 0 Å². The van der Waals surface area contributed by atoms with Crippen LogP contribution in [0.1, 0.15) is 18.2 Å². The fraction of sp³-hybridized carbons (Fsp3) is 0.143. The molecule has 0 aliphatic heterocycles. The van der Waals surface area contributed by atoms with E-state index in [1.807, 2.05) is 31.2 Å². The van der Waals surface area contributed by atoms with Gasteiger partial charge >= 0.3 is 0 Å². The van der Waals surface area contributed by atoms with Gasteiger partial charge in [-0.3, -0.25) is 0 Å². The Bertz CT molecular complexity index is 1280. The number of fused-ring (bicyclic) bond motifs is 1. The van der Waals surface area contributed by atoms with Gasteiger partial charge in [-0.15, -0.1) is 0 Å². The largest absolute Gasteiger partial charge is 0.368 e. The molecule has 0 saturated heterocycles. The second-order valence-corrected chi connectivity index (χ2v) is 8.30. The topological polar surface area (TPSA) is 90.9 Å². The highest BCUT2D eigenvalue weighted by Crippen LogP contribution is 2.37. The number of aryl methyl sites for hydroxylation is 1. The fourth-order valence-electron chi connectivity index (χ4n) is 3.54. The quantitative estimate of drug-likeness (QED) is 0.571. The van der Waals surface area contributed by atoms with Gasteiger partial charge in [0.1, 0.15) is 0 Å². The van der Waals surface area contributed by atoms with Gasteiger partial charge in [0.25, 0.3) is 10.0 Å². The monoisotopic (exact) mass is 392 g/mol. The molecule has 4 aromatic rings. The minimum absolute atomic E-state index is 0.161. The first kappa shape index (κ1) is 18.2. The second kappa shape index (κ2) is 6.76. The summed E-state index contributed by atoms with van der Waals surface area (Å²) in [5.41, 5.74) is 9.41. The smallest absolute Gasteiger partial charge is 0.268 e. The number of anilines is 1. The van der Waals surface area contributed by atoms with Crippen LogP contribution in [-0.2, 0) is 16.4 Å². The molecule has 0 bridgehead atoms. The number of rotatable bonds is 4. The molecule has 2 aromatic carbocycles. The van der Waals surface area contributed by atoms with E-state index >= 15 is 0 Å². The average Bonchev–Trinajstić information content (AvgIpc) is 3.01. The first-order valence-electron chi connectivity index (χ1n) is 8.97. The van der Waals surface area contributed by atoms with E-state index in [0.717, 1.165) is 16.5 Å².